The van der Waals surface area contributed by atoms with Crippen LogP contribution in [0.5, 0.6) is 0 Å². The largest absolute Gasteiger partial charge is 0.480 e. The van der Waals surface area contributed by atoms with E-state index in [0.29, 0.717) is 18.7 Å². The van der Waals surface area contributed by atoms with Gasteiger partial charge in [-0.05, 0) is 11.6 Å². The van der Waals surface area contributed by atoms with E-state index in [1.165, 1.54) is 9.80 Å². The molecule has 2 heterocycles. The monoisotopic (exact) mass is 288 g/mol. The second kappa shape index (κ2) is 4.87. The number of likely N-dealkylation sites (tertiary alicyclic amines) is 1. The fourth-order valence-electron chi connectivity index (χ4n) is 3.08. The number of aliphatic carboxylic acids is 1. The molecule has 1 saturated heterocycles. The maximum atomic E-state index is 12.7. The van der Waals surface area contributed by atoms with Crippen LogP contribution >= 0.6 is 0 Å². The minimum atomic E-state index is -1.02. The van der Waals surface area contributed by atoms with E-state index in [1.807, 2.05) is 12.1 Å². The fourth-order valence-corrected chi connectivity index (χ4v) is 3.08. The van der Waals surface area contributed by atoms with Crippen molar-refractivity contribution < 1.29 is 19.5 Å². The van der Waals surface area contributed by atoms with Crippen molar-refractivity contribution in [2.24, 2.45) is 5.92 Å². The second-order valence-electron chi connectivity index (χ2n) is 5.57. The van der Waals surface area contributed by atoms with Crippen molar-refractivity contribution in [2.45, 2.75) is 18.9 Å². The van der Waals surface area contributed by atoms with Gasteiger partial charge in [0.25, 0.3) is 0 Å². The van der Waals surface area contributed by atoms with Crippen LogP contribution in [0.1, 0.15) is 12.0 Å². The topological polar surface area (TPSA) is 77.9 Å². The molecule has 3 rings (SSSR count). The molecule has 0 radical (unpaired) electrons. The SMILES string of the molecule is CN1CC(C(=O)N2c3ccccc3C[C@H]2C(=O)O)CC1=O. The lowest BCUT2D eigenvalue weighted by atomic mass is 10.1. The number of rotatable bonds is 2. The van der Waals surface area contributed by atoms with Crippen molar-refractivity contribution >= 4 is 23.5 Å². The van der Waals surface area contributed by atoms with E-state index in [9.17, 15) is 19.5 Å². The Bertz CT molecular complexity index is 628. The van der Waals surface area contributed by atoms with Crippen LogP contribution in [0, 0.1) is 5.92 Å². The highest BCUT2D eigenvalue weighted by Crippen LogP contribution is 2.34. The molecular weight excluding hydrogens is 272 g/mol. The van der Waals surface area contributed by atoms with Gasteiger partial charge in [0.05, 0.1) is 5.92 Å². The standard InChI is InChI=1S/C15H16N2O4/c1-16-8-10(7-13(16)18)14(19)17-11-5-3-2-4-9(11)6-12(17)15(20)21/h2-5,10,12H,6-8H2,1H3,(H,20,21)/t10?,12-/m0/s1. The number of amides is 2. The number of nitrogens with zero attached hydrogens (tertiary/aromatic N) is 2. The summed E-state index contributed by atoms with van der Waals surface area (Å²) >= 11 is 0. The summed E-state index contributed by atoms with van der Waals surface area (Å²) in [5, 5.41) is 9.38. The van der Waals surface area contributed by atoms with Crippen molar-refractivity contribution in [3.8, 4) is 0 Å². The van der Waals surface area contributed by atoms with Crippen LogP contribution in [0.4, 0.5) is 5.69 Å². The van der Waals surface area contributed by atoms with E-state index in [0.717, 1.165) is 5.56 Å². The third kappa shape index (κ3) is 2.16. The Hall–Kier alpha value is -2.37. The molecule has 21 heavy (non-hydrogen) atoms. The minimum absolute atomic E-state index is 0.0762. The Kier molecular flexibility index (Phi) is 3.16. The zero-order valence-electron chi connectivity index (χ0n) is 11.7. The van der Waals surface area contributed by atoms with Crippen LogP contribution in [-0.4, -0.2) is 47.4 Å². The molecule has 6 heteroatoms. The van der Waals surface area contributed by atoms with E-state index in [2.05, 4.69) is 0 Å². The number of carbonyl (C=O) groups is 3. The molecule has 1 aromatic carbocycles. The summed E-state index contributed by atoms with van der Waals surface area (Å²) < 4.78 is 0. The average molecular weight is 288 g/mol. The van der Waals surface area contributed by atoms with E-state index >= 15 is 0 Å². The maximum Gasteiger partial charge on any atom is 0.327 e. The predicted octanol–water partition coefficient (Wildman–Crippen LogP) is 0.507. The quantitative estimate of drug-likeness (QED) is 0.860. The van der Waals surface area contributed by atoms with Gasteiger partial charge in [0.1, 0.15) is 6.04 Å². The zero-order valence-corrected chi connectivity index (χ0v) is 11.7. The van der Waals surface area contributed by atoms with Crippen LogP contribution in [0.15, 0.2) is 24.3 Å². The smallest absolute Gasteiger partial charge is 0.327 e. The zero-order chi connectivity index (χ0) is 15.1. The second-order valence-corrected chi connectivity index (χ2v) is 5.57. The number of hydrogen-bond acceptors (Lipinski definition) is 3. The van der Waals surface area contributed by atoms with Crippen LogP contribution < -0.4 is 4.90 Å². The Labute approximate surface area is 122 Å². The van der Waals surface area contributed by atoms with Crippen molar-refractivity contribution in [2.75, 3.05) is 18.5 Å². The van der Waals surface area contributed by atoms with E-state index in [1.54, 1.807) is 19.2 Å². The van der Waals surface area contributed by atoms with Gasteiger partial charge in [0.15, 0.2) is 0 Å². The van der Waals surface area contributed by atoms with Gasteiger partial charge in [0.2, 0.25) is 11.8 Å². The first-order chi connectivity index (χ1) is 9.99. The summed E-state index contributed by atoms with van der Waals surface area (Å²) in [7, 11) is 1.65. The van der Waals surface area contributed by atoms with Crippen molar-refractivity contribution in [3.63, 3.8) is 0 Å². The highest BCUT2D eigenvalue weighted by atomic mass is 16.4. The molecule has 6 nitrogen and oxygen atoms in total. The minimum Gasteiger partial charge on any atom is -0.480 e. The first-order valence-electron chi connectivity index (χ1n) is 6.86. The first-order valence-corrected chi connectivity index (χ1v) is 6.86. The number of carboxylic acids is 1. The number of para-hydroxylation sites is 1. The van der Waals surface area contributed by atoms with E-state index in [-0.39, 0.29) is 18.2 Å². The van der Waals surface area contributed by atoms with Crippen LogP contribution in [-0.2, 0) is 20.8 Å². The summed E-state index contributed by atoms with van der Waals surface area (Å²) in [5.74, 6) is -1.83. The Balaban J connectivity index is 1.93. The molecular formula is C15H16N2O4. The molecule has 0 spiro atoms. The lowest BCUT2D eigenvalue weighted by Gasteiger charge is -2.25. The van der Waals surface area contributed by atoms with E-state index < -0.39 is 17.9 Å². The lowest BCUT2D eigenvalue weighted by Crippen LogP contribution is -2.46. The number of carbonyl (C=O) groups excluding carboxylic acids is 2. The van der Waals surface area contributed by atoms with Gasteiger partial charge in [0, 0.05) is 32.1 Å². The fraction of sp³-hybridized carbons (Fsp3) is 0.400. The molecule has 2 aliphatic rings. The summed E-state index contributed by atoms with van der Waals surface area (Å²) in [5.41, 5.74) is 1.51. The first kappa shape index (κ1) is 13.6. The summed E-state index contributed by atoms with van der Waals surface area (Å²) in [4.78, 5) is 38.6. The third-order valence-electron chi connectivity index (χ3n) is 4.19. The molecule has 2 aliphatic heterocycles. The Morgan fingerprint density at radius 3 is 2.57 bits per heavy atom. The molecule has 1 unspecified atom stereocenters. The van der Waals surface area contributed by atoms with Crippen LogP contribution in [0.2, 0.25) is 0 Å². The number of carboxylic acid groups (broad SMARTS) is 1. The molecule has 0 saturated carbocycles. The maximum absolute atomic E-state index is 12.7. The van der Waals surface area contributed by atoms with Crippen molar-refractivity contribution in [3.05, 3.63) is 29.8 Å². The number of fused-ring (bicyclic) bond motifs is 1. The summed E-state index contributed by atoms with van der Waals surface area (Å²) in [6.45, 7) is 0.350. The average Bonchev–Trinajstić information content (AvgIpc) is 2.99. The molecule has 1 N–H and O–H groups in total. The lowest BCUT2D eigenvalue weighted by molar-refractivity contribution is -0.140. The van der Waals surface area contributed by atoms with Gasteiger partial charge in [-0.3, -0.25) is 14.5 Å². The third-order valence-corrected chi connectivity index (χ3v) is 4.19. The molecule has 1 aromatic rings. The van der Waals surface area contributed by atoms with Crippen molar-refractivity contribution in [1.29, 1.82) is 0 Å². The van der Waals surface area contributed by atoms with Crippen LogP contribution in [0.25, 0.3) is 0 Å². The predicted molar refractivity (Wildman–Crippen MR) is 74.8 cm³/mol. The normalized spacial score (nSPS) is 24.3. The van der Waals surface area contributed by atoms with E-state index in [4.69, 9.17) is 0 Å². The number of anilines is 1. The van der Waals surface area contributed by atoms with Gasteiger partial charge >= 0.3 is 5.97 Å². The Morgan fingerprint density at radius 1 is 1.24 bits per heavy atom. The number of hydrogen-bond donors (Lipinski definition) is 1. The molecule has 2 amide bonds. The number of benzene rings is 1. The molecule has 0 bridgehead atoms. The highest BCUT2D eigenvalue weighted by molar-refractivity contribution is 6.05. The molecule has 0 aliphatic carbocycles. The summed E-state index contributed by atoms with van der Waals surface area (Å²) in [6, 6.07) is 6.34. The molecule has 1 fully saturated rings. The van der Waals surface area contributed by atoms with Gasteiger partial charge in [-0.1, -0.05) is 18.2 Å². The van der Waals surface area contributed by atoms with Gasteiger partial charge in [-0.25, -0.2) is 4.79 Å². The van der Waals surface area contributed by atoms with Crippen molar-refractivity contribution in [1.82, 2.24) is 4.90 Å². The van der Waals surface area contributed by atoms with Gasteiger partial charge in [-0.2, -0.15) is 0 Å². The highest BCUT2D eigenvalue weighted by Gasteiger charge is 2.43. The Morgan fingerprint density at radius 2 is 1.95 bits per heavy atom. The molecule has 0 aromatic heterocycles. The molecule has 2 atom stereocenters. The molecule has 110 valence electrons. The summed E-state index contributed by atoms with van der Waals surface area (Å²) in [6.07, 6.45) is 0.466. The van der Waals surface area contributed by atoms with Gasteiger partial charge in [-0.15, -0.1) is 0 Å². The van der Waals surface area contributed by atoms with Crippen LogP contribution in [0.3, 0.4) is 0 Å². The van der Waals surface area contributed by atoms with Gasteiger partial charge < -0.3 is 10.0 Å².